The highest BCUT2D eigenvalue weighted by Gasteiger charge is 2.35. The molecule has 0 aromatic heterocycles. The number of hydrogen-bond donors (Lipinski definition) is 1. The van der Waals surface area contributed by atoms with Gasteiger partial charge in [0.2, 0.25) is 0 Å². The number of hydrogen-bond acceptors (Lipinski definition) is 3. The molecule has 2 N–H and O–H groups in total. The SMILES string of the molecule is C[C@H](N)c1c(F)cccc1N1CCC2CCC(C1)N2C. The monoisotopic (exact) mass is 277 g/mol. The molecule has 3 rings (SSSR count). The molecule has 0 aliphatic carbocycles. The summed E-state index contributed by atoms with van der Waals surface area (Å²) < 4.78 is 14.1. The summed E-state index contributed by atoms with van der Waals surface area (Å²) in [6, 6.07) is 6.33. The lowest BCUT2D eigenvalue weighted by Crippen LogP contribution is -2.37. The van der Waals surface area contributed by atoms with Crippen LogP contribution in [0, 0.1) is 5.82 Å². The zero-order valence-electron chi connectivity index (χ0n) is 12.3. The van der Waals surface area contributed by atoms with Crippen LogP contribution in [-0.2, 0) is 0 Å². The van der Waals surface area contributed by atoms with Gasteiger partial charge in [0.1, 0.15) is 5.82 Å². The second-order valence-corrected chi connectivity index (χ2v) is 6.25. The largest absolute Gasteiger partial charge is 0.370 e. The van der Waals surface area contributed by atoms with Gasteiger partial charge in [-0.25, -0.2) is 4.39 Å². The van der Waals surface area contributed by atoms with Gasteiger partial charge in [-0.2, -0.15) is 0 Å². The van der Waals surface area contributed by atoms with Gasteiger partial charge in [-0.1, -0.05) is 6.07 Å². The highest BCUT2D eigenvalue weighted by molar-refractivity contribution is 5.56. The molecule has 2 aliphatic rings. The first-order chi connectivity index (χ1) is 9.58. The minimum atomic E-state index is -0.274. The number of anilines is 1. The first kappa shape index (κ1) is 13.8. The molecule has 0 radical (unpaired) electrons. The predicted molar refractivity (Wildman–Crippen MR) is 80.4 cm³/mol. The van der Waals surface area contributed by atoms with E-state index in [2.05, 4.69) is 16.8 Å². The Morgan fingerprint density at radius 3 is 2.75 bits per heavy atom. The number of nitrogens with two attached hydrogens (primary N) is 1. The van der Waals surface area contributed by atoms with Gasteiger partial charge >= 0.3 is 0 Å². The highest BCUT2D eigenvalue weighted by atomic mass is 19.1. The lowest BCUT2D eigenvalue weighted by Gasteiger charge is -2.30. The van der Waals surface area contributed by atoms with Crippen molar-refractivity contribution in [3.8, 4) is 0 Å². The van der Waals surface area contributed by atoms with Crippen molar-refractivity contribution < 1.29 is 4.39 Å². The second kappa shape index (κ2) is 5.34. The van der Waals surface area contributed by atoms with E-state index >= 15 is 0 Å². The normalized spacial score (nSPS) is 28.5. The molecule has 2 heterocycles. The third kappa shape index (κ3) is 2.31. The molecule has 1 aromatic carbocycles. The number of fused-ring (bicyclic) bond motifs is 2. The molecule has 0 amide bonds. The lowest BCUT2D eigenvalue weighted by atomic mass is 10.0. The fraction of sp³-hybridized carbons (Fsp3) is 0.625. The van der Waals surface area contributed by atoms with Crippen LogP contribution in [0.3, 0.4) is 0 Å². The fourth-order valence-electron chi connectivity index (χ4n) is 3.78. The zero-order chi connectivity index (χ0) is 14.3. The smallest absolute Gasteiger partial charge is 0.130 e. The van der Waals surface area contributed by atoms with Gasteiger partial charge in [-0.3, -0.25) is 4.90 Å². The van der Waals surface area contributed by atoms with Gasteiger partial charge in [0.15, 0.2) is 0 Å². The van der Waals surface area contributed by atoms with E-state index in [0.29, 0.717) is 17.6 Å². The first-order valence-corrected chi connectivity index (χ1v) is 7.59. The molecule has 2 saturated heterocycles. The van der Waals surface area contributed by atoms with E-state index in [9.17, 15) is 4.39 Å². The molecule has 2 bridgehead atoms. The summed E-state index contributed by atoms with van der Waals surface area (Å²) in [4.78, 5) is 4.84. The summed E-state index contributed by atoms with van der Waals surface area (Å²) >= 11 is 0. The van der Waals surface area contributed by atoms with E-state index in [1.54, 1.807) is 6.07 Å². The summed E-state index contributed by atoms with van der Waals surface area (Å²) in [7, 11) is 2.23. The maximum atomic E-state index is 14.1. The molecule has 2 fully saturated rings. The van der Waals surface area contributed by atoms with Gasteiger partial charge in [-0.15, -0.1) is 0 Å². The van der Waals surface area contributed by atoms with Crippen LogP contribution < -0.4 is 10.6 Å². The summed E-state index contributed by atoms with van der Waals surface area (Å²) in [5.41, 5.74) is 7.63. The minimum absolute atomic E-state index is 0.180. The third-order valence-corrected chi connectivity index (χ3v) is 4.97. The Morgan fingerprint density at radius 2 is 2.00 bits per heavy atom. The number of halogens is 1. The quantitative estimate of drug-likeness (QED) is 0.901. The molecule has 4 heteroatoms. The summed E-state index contributed by atoms with van der Waals surface area (Å²) in [5.74, 6) is -0.180. The summed E-state index contributed by atoms with van der Waals surface area (Å²) in [5, 5.41) is 0. The van der Waals surface area contributed by atoms with Crippen molar-refractivity contribution in [1.29, 1.82) is 0 Å². The van der Waals surface area contributed by atoms with E-state index < -0.39 is 0 Å². The van der Waals surface area contributed by atoms with E-state index in [4.69, 9.17) is 5.73 Å². The Bertz CT molecular complexity index is 489. The van der Waals surface area contributed by atoms with Gasteiger partial charge < -0.3 is 10.6 Å². The van der Waals surface area contributed by atoms with E-state index in [1.807, 2.05) is 13.0 Å². The Hall–Kier alpha value is -1.13. The molecule has 2 aliphatic heterocycles. The van der Waals surface area contributed by atoms with Gasteiger partial charge in [0.05, 0.1) is 0 Å². The second-order valence-electron chi connectivity index (χ2n) is 6.25. The van der Waals surface area contributed by atoms with Gasteiger partial charge in [0.25, 0.3) is 0 Å². The van der Waals surface area contributed by atoms with Crippen molar-refractivity contribution in [1.82, 2.24) is 4.90 Å². The van der Waals surface area contributed by atoms with Crippen molar-refractivity contribution in [2.75, 3.05) is 25.0 Å². The molecule has 0 saturated carbocycles. The molecule has 2 unspecified atom stereocenters. The van der Waals surface area contributed by atoms with Crippen molar-refractivity contribution in [2.24, 2.45) is 5.73 Å². The van der Waals surface area contributed by atoms with E-state index in [0.717, 1.165) is 25.2 Å². The fourth-order valence-corrected chi connectivity index (χ4v) is 3.78. The van der Waals surface area contributed by atoms with E-state index in [1.165, 1.54) is 18.9 Å². The van der Waals surface area contributed by atoms with Crippen LogP contribution in [0.1, 0.15) is 37.8 Å². The summed E-state index contributed by atoms with van der Waals surface area (Å²) in [6.45, 7) is 3.84. The number of rotatable bonds is 2. The van der Waals surface area contributed by atoms with Crippen molar-refractivity contribution in [2.45, 2.75) is 44.3 Å². The molecule has 0 spiro atoms. The van der Waals surface area contributed by atoms with Crippen LogP contribution in [0.4, 0.5) is 10.1 Å². The standard InChI is InChI=1S/C16H24FN3/c1-11(18)16-14(17)4-3-5-15(16)20-9-8-12-6-7-13(10-20)19(12)2/h3-5,11-13H,6-10,18H2,1-2H3/t11-,12?,13?/m0/s1. The molecular weight excluding hydrogens is 253 g/mol. The van der Waals surface area contributed by atoms with Crippen molar-refractivity contribution in [3.05, 3.63) is 29.6 Å². The topological polar surface area (TPSA) is 32.5 Å². The first-order valence-electron chi connectivity index (χ1n) is 7.59. The molecule has 1 aromatic rings. The maximum absolute atomic E-state index is 14.1. The minimum Gasteiger partial charge on any atom is -0.370 e. The van der Waals surface area contributed by atoms with Crippen molar-refractivity contribution in [3.63, 3.8) is 0 Å². The molecule has 3 nitrogen and oxygen atoms in total. The Morgan fingerprint density at radius 1 is 1.25 bits per heavy atom. The number of nitrogens with zero attached hydrogens (tertiary/aromatic N) is 2. The Balaban J connectivity index is 1.92. The van der Waals surface area contributed by atoms with Crippen LogP contribution >= 0.6 is 0 Å². The zero-order valence-corrected chi connectivity index (χ0v) is 12.3. The Kier molecular flexibility index (Phi) is 3.69. The van der Waals surface area contributed by atoms with Gasteiger partial charge in [0, 0.05) is 42.5 Å². The van der Waals surface area contributed by atoms with Crippen LogP contribution in [0.25, 0.3) is 0 Å². The van der Waals surface area contributed by atoms with E-state index in [-0.39, 0.29) is 11.9 Å². The van der Waals surface area contributed by atoms with Crippen LogP contribution in [0.2, 0.25) is 0 Å². The third-order valence-electron chi connectivity index (χ3n) is 4.97. The number of likely N-dealkylation sites (N-methyl/N-ethyl adjacent to an activating group) is 1. The summed E-state index contributed by atoms with van der Waals surface area (Å²) in [6.07, 6.45) is 3.71. The molecule has 20 heavy (non-hydrogen) atoms. The average molecular weight is 277 g/mol. The lowest BCUT2D eigenvalue weighted by molar-refractivity contribution is 0.254. The van der Waals surface area contributed by atoms with Crippen LogP contribution in [0.5, 0.6) is 0 Å². The molecule has 3 atom stereocenters. The van der Waals surface area contributed by atoms with Crippen LogP contribution in [0.15, 0.2) is 18.2 Å². The highest BCUT2D eigenvalue weighted by Crippen LogP contribution is 2.34. The number of benzene rings is 1. The van der Waals surface area contributed by atoms with Crippen molar-refractivity contribution >= 4 is 5.69 Å². The molecule has 110 valence electrons. The predicted octanol–water partition coefficient (Wildman–Crippen LogP) is 2.52. The average Bonchev–Trinajstić information content (AvgIpc) is 2.62. The van der Waals surface area contributed by atoms with Crippen LogP contribution in [-0.4, -0.2) is 37.1 Å². The maximum Gasteiger partial charge on any atom is 0.130 e. The molecular formula is C16H24FN3. The van der Waals surface area contributed by atoms with Gasteiger partial charge in [-0.05, 0) is 45.4 Å². The Labute approximate surface area is 120 Å².